The average molecular weight is 450 g/mol. The number of benzene rings is 2. The third kappa shape index (κ3) is 6.45. The van der Waals surface area contributed by atoms with Crippen LogP contribution >= 0.6 is 11.6 Å². The van der Waals surface area contributed by atoms with Gasteiger partial charge in [0.2, 0.25) is 10.0 Å². The predicted molar refractivity (Wildman–Crippen MR) is 122 cm³/mol. The summed E-state index contributed by atoms with van der Waals surface area (Å²) in [5.74, 6) is -0.113. The van der Waals surface area contributed by atoms with E-state index in [0.717, 1.165) is 37.9 Å². The number of amides is 1. The van der Waals surface area contributed by atoms with Crippen LogP contribution in [0, 0.1) is 0 Å². The molecule has 1 N–H and O–H groups in total. The molecular formula is C22H28ClN3O3S. The van der Waals surface area contributed by atoms with Gasteiger partial charge in [0.15, 0.2) is 0 Å². The van der Waals surface area contributed by atoms with Gasteiger partial charge in [-0.2, -0.15) is 0 Å². The standard InChI is InChI=1S/C22H28ClN3O3S/c1-30(28,29)26(21-7-4-6-20(23)16-21)17-18-8-10-19(11-9-18)22(27)24-12-5-15-25-13-2-3-14-25/h4,6-11,16H,2-3,5,12-15,17H2,1H3,(H,24,27). The van der Waals surface area contributed by atoms with Crippen molar-refractivity contribution in [1.29, 1.82) is 0 Å². The zero-order valence-electron chi connectivity index (χ0n) is 17.2. The molecule has 2 aromatic carbocycles. The smallest absolute Gasteiger partial charge is 0.251 e. The van der Waals surface area contributed by atoms with E-state index in [-0.39, 0.29) is 12.5 Å². The maximum absolute atomic E-state index is 12.3. The Morgan fingerprint density at radius 2 is 1.83 bits per heavy atom. The van der Waals surface area contributed by atoms with Crippen LogP contribution in [0.15, 0.2) is 48.5 Å². The first kappa shape index (κ1) is 22.6. The molecule has 1 aliphatic rings. The molecule has 2 aromatic rings. The van der Waals surface area contributed by atoms with Crippen LogP contribution in [0.3, 0.4) is 0 Å². The van der Waals surface area contributed by atoms with Gasteiger partial charge in [-0.3, -0.25) is 9.10 Å². The number of carbonyl (C=O) groups excluding carboxylic acids is 1. The molecule has 1 saturated heterocycles. The Hall–Kier alpha value is -2.09. The molecule has 6 nitrogen and oxygen atoms in total. The minimum absolute atomic E-state index is 0.113. The highest BCUT2D eigenvalue weighted by Gasteiger charge is 2.18. The first-order chi connectivity index (χ1) is 14.3. The second-order valence-electron chi connectivity index (χ2n) is 7.60. The Morgan fingerprint density at radius 1 is 1.13 bits per heavy atom. The van der Waals surface area contributed by atoms with Crippen LogP contribution in [0.4, 0.5) is 5.69 Å². The quantitative estimate of drug-likeness (QED) is 0.594. The van der Waals surface area contributed by atoms with Gasteiger partial charge in [0, 0.05) is 17.1 Å². The maximum Gasteiger partial charge on any atom is 0.251 e. The van der Waals surface area contributed by atoms with Gasteiger partial charge in [-0.05, 0) is 74.8 Å². The SMILES string of the molecule is CS(=O)(=O)N(Cc1ccc(C(=O)NCCCN2CCCC2)cc1)c1cccc(Cl)c1. The highest BCUT2D eigenvalue weighted by atomic mass is 35.5. The molecule has 8 heteroatoms. The molecule has 1 amide bonds. The summed E-state index contributed by atoms with van der Waals surface area (Å²) in [6, 6.07) is 13.7. The van der Waals surface area contributed by atoms with Crippen molar-refractivity contribution in [3.8, 4) is 0 Å². The molecule has 0 atom stereocenters. The molecule has 1 heterocycles. The van der Waals surface area contributed by atoms with E-state index in [0.29, 0.717) is 22.8 Å². The van der Waals surface area contributed by atoms with Gasteiger partial charge in [0.05, 0.1) is 18.5 Å². The van der Waals surface area contributed by atoms with E-state index in [2.05, 4.69) is 10.2 Å². The number of hydrogen-bond donors (Lipinski definition) is 1. The van der Waals surface area contributed by atoms with E-state index in [1.165, 1.54) is 17.1 Å². The highest BCUT2D eigenvalue weighted by Crippen LogP contribution is 2.24. The average Bonchev–Trinajstić information content (AvgIpc) is 3.22. The molecule has 30 heavy (non-hydrogen) atoms. The summed E-state index contributed by atoms with van der Waals surface area (Å²) in [7, 11) is -3.49. The van der Waals surface area contributed by atoms with Crippen LogP contribution in [0.5, 0.6) is 0 Å². The molecular weight excluding hydrogens is 422 g/mol. The van der Waals surface area contributed by atoms with Crippen molar-refractivity contribution in [2.75, 3.05) is 36.7 Å². The fourth-order valence-corrected chi connectivity index (χ4v) is 4.64. The van der Waals surface area contributed by atoms with Crippen molar-refractivity contribution in [3.05, 3.63) is 64.7 Å². The van der Waals surface area contributed by atoms with Gasteiger partial charge >= 0.3 is 0 Å². The molecule has 0 unspecified atom stereocenters. The number of hydrogen-bond acceptors (Lipinski definition) is 4. The Balaban J connectivity index is 1.57. The fraction of sp³-hybridized carbons (Fsp3) is 0.409. The minimum atomic E-state index is -3.49. The lowest BCUT2D eigenvalue weighted by Gasteiger charge is -2.22. The van der Waals surface area contributed by atoms with Crippen LogP contribution in [0.1, 0.15) is 35.2 Å². The Bertz CT molecular complexity index is 958. The molecule has 3 rings (SSSR count). The van der Waals surface area contributed by atoms with Crippen LogP contribution in [0.2, 0.25) is 5.02 Å². The van der Waals surface area contributed by atoms with Crippen molar-refractivity contribution in [3.63, 3.8) is 0 Å². The van der Waals surface area contributed by atoms with Crippen molar-refractivity contribution in [2.45, 2.75) is 25.8 Å². The normalized spacial score (nSPS) is 14.6. The van der Waals surface area contributed by atoms with Crippen LogP contribution in [0.25, 0.3) is 0 Å². The molecule has 0 saturated carbocycles. The van der Waals surface area contributed by atoms with Gasteiger partial charge in [-0.15, -0.1) is 0 Å². The van der Waals surface area contributed by atoms with Gasteiger partial charge in [-0.1, -0.05) is 29.8 Å². The first-order valence-electron chi connectivity index (χ1n) is 10.2. The number of rotatable bonds is 9. The van der Waals surface area contributed by atoms with E-state index >= 15 is 0 Å². The van der Waals surface area contributed by atoms with Crippen molar-refractivity contribution in [2.24, 2.45) is 0 Å². The van der Waals surface area contributed by atoms with Gasteiger partial charge < -0.3 is 10.2 Å². The van der Waals surface area contributed by atoms with Crippen molar-refractivity contribution >= 4 is 33.2 Å². The largest absolute Gasteiger partial charge is 0.352 e. The van der Waals surface area contributed by atoms with E-state index in [1.807, 2.05) is 0 Å². The summed E-state index contributed by atoms with van der Waals surface area (Å²) in [6.45, 7) is 4.15. The lowest BCUT2D eigenvalue weighted by molar-refractivity contribution is 0.0952. The number of likely N-dealkylation sites (tertiary alicyclic amines) is 1. The van der Waals surface area contributed by atoms with Gasteiger partial charge in [0.1, 0.15) is 0 Å². The van der Waals surface area contributed by atoms with Crippen molar-refractivity contribution < 1.29 is 13.2 Å². The zero-order valence-corrected chi connectivity index (χ0v) is 18.8. The number of anilines is 1. The Morgan fingerprint density at radius 3 is 2.47 bits per heavy atom. The Labute approximate surface area is 183 Å². The molecule has 0 bridgehead atoms. The number of carbonyl (C=O) groups is 1. The lowest BCUT2D eigenvalue weighted by Crippen LogP contribution is -2.29. The topological polar surface area (TPSA) is 69.7 Å². The first-order valence-corrected chi connectivity index (χ1v) is 12.4. The highest BCUT2D eigenvalue weighted by molar-refractivity contribution is 7.92. The third-order valence-electron chi connectivity index (χ3n) is 5.17. The maximum atomic E-state index is 12.3. The predicted octanol–water partition coefficient (Wildman–Crippen LogP) is 3.52. The number of nitrogens with one attached hydrogen (secondary N) is 1. The van der Waals surface area contributed by atoms with Crippen molar-refractivity contribution in [1.82, 2.24) is 10.2 Å². The van der Waals surface area contributed by atoms with E-state index in [4.69, 9.17) is 11.6 Å². The van der Waals surface area contributed by atoms with E-state index in [9.17, 15) is 13.2 Å². The molecule has 1 aliphatic heterocycles. The molecule has 0 spiro atoms. The molecule has 0 aliphatic carbocycles. The number of halogens is 1. The lowest BCUT2D eigenvalue weighted by atomic mass is 10.1. The second kappa shape index (κ2) is 10.3. The zero-order chi connectivity index (χ0) is 21.6. The molecule has 162 valence electrons. The summed E-state index contributed by atoms with van der Waals surface area (Å²) < 4.78 is 25.9. The second-order valence-corrected chi connectivity index (χ2v) is 9.95. The summed E-state index contributed by atoms with van der Waals surface area (Å²) >= 11 is 6.02. The summed E-state index contributed by atoms with van der Waals surface area (Å²) in [5.41, 5.74) is 1.85. The van der Waals surface area contributed by atoms with E-state index < -0.39 is 10.0 Å². The summed E-state index contributed by atoms with van der Waals surface area (Å²) in [5, 5.41) is 3.42. The van der Waals surface area contributed by atoms with Crippen LogP contribution < -0.4 is 9.62 Å². The summed E-state index contributed by atoms with van der Waals surface area (Å²) in [4.78, 5) is 14.8. The molecule has 0 radical (unpaired) electrons. The van der Waals surface area contributed by atoms with Crippen LogP contribution in [-0.4, -0.2) is 51.7 Å². The Kier molecular flexibility index (Phi) is 7.75. The third-order valence-corrected chi connectivity index (χ3v) is 6.55. The molecule has 1 fully saturated rings. The summed E-state index contributed by atoms with van der Waals surface area (Å²) in [6.07, 6.45) is 4.64. The minimum Gasteiger partial charge on any atom is -0.352 e. The number of sulfonamides is 1. The number of nitrogens with zero attached hydrogens (tertiary/aromatic N) is 2. The van der Waals surface area contributed by atoms with Gasteiger partial charge in [-0.25, -0.2) is 8.42 Å². The van der Waals surface area contributed by atoms with Gasteiger partial charge in [0.25, 0.3) is 5.91 Å². The fourth-order valence-electron chi connectivity index (χ4n) is 3.57. The molecule has 0 aromatic heterocycles. The van der Waals surface area contributed by atoms with Crippen LogP contribution in [-0.2, 0) is 16.6 Å². The van der Waals surface area contributed by atoms with E-state index in [1.54, 1.807) is 48.5 Å². The monoisotopic (exact) mass is 449 g/mol.